The number of aryl methyl sites for hydroxylation is 2. The number of halogens is 2. The number of sulfonamides is 1. The molecule has 0 unspecified atom stereocenters. The van der Waals surface area contributed by atoms with Gasteiger partial charge in [-0.15, -0.1) is 21.5 Å². The molecule has 4 aromatic rings. The fourth-order valence-corrected chi connectivity index (χ4v) is 6.41. The highest BCUT2D eigenvalue weighted by atomic mass is 32.2. The Balaban J connectivity index is 1.64. The van der Waals surface area contributed by atoms with Gasteiger partial charge in [0.2, 0.25) is 0 Å². The summed E-state index contributed by atoms with van der Waals surface area (Å²) in [5.74, 6) is 0. The zero-order valence-corrected chi connectivity index (χ0v) is 20.3. The van der Waals surface area contributed by atoms with Gasteiger partial charge in [-0.3, -0.25) is 4.68 Å². The summed E-state index contributed by atoms with van der Waals surface area (Å²) in [6, 6.07) is 3.05. The molecule has 1 fully saturated rings. The number of pyridine rings is 1. The van der Waals surface area contributed by atoms with Crippen LogP contribution in [0.1, 0.15) is 46.8 Å². The summed E-state index contributed by atoms with van der Waals surface area (Å²) < 4.78 is 56.3. The number of aromatic nitrogens is 6. The lowest BCUT2D eigenvalue weighted by atomic mass is 10.3. The molecule has 0 aliphatic heterocycles. The van der Waals surface area contributed by atoms with Gasteiger partial charge in [-0.1, -0.05) is 11.3 Å². The SMILES string of the molecule is Cc1nc(C)c(Cn2nc(-c3nnc(C(F)F)s3)c3nc(S(=O)(=O)NC4(C)CC4)ccc32)s1. The van der Waals surface area contributed by atoms with Crippen LogP contribution in [-0.2, 0) is 16.6 Å². The minimum absolute atomic E-state index is 0.149. The van der Waals surface area contributed by atoms with Crippen LogP contribution >= 0.6 is 22.7 Å². The van der Waals surface area contributed by atoms with Crippen LogP contribution in [0.4, 0.5) is 8.78 Å². The van der Waals surface area contributed by atoms with Crippen LogP contribution in [0.2, 0.25) is 0 Å². The normalized spacial score (nSPS) is 15.6. The maximum absolute atomic E-state index is 13.1. The van der Waals surface area contributed by atoms with Gasteiger partial charge in [-0.05, 0) is 45.7 Å². The highest BCUT2D eigenvalue weighted by Gasteiger charge is 2.41. The van der Waals surface area contributed by atoms with Crippen molar-refractivity contribution < 1.29 is 17.2 Å². The molecule has 1 aliphatic carbocycles. The first-order valence-electron chi connectivity index (χ1n) is 10.0. The second kappa shape index (κ2) is 7.82. The average molecular weight is 512 g/mol. The van der Waals surface area contributed by atoms with Gasteiger partial charge in [0.25, 0.3) is 16.4 Å². The van der Waals surface area contributed by atoms with Crippen molar-refractivity contribution in [2.75, 3.05) is 0 Å². The van der Waals surface area contributed by atoms with E-state index < -0.39 is 27.0 Å². The minimum Gasteiger partial charge on any atom is -0.257 e. The first kappa shape index (κ1) is 22.4. The van der Waals surface area contributed by atoms with Crippen molar-refractivity contribution in [1.82, 2.24) is 34.7 Å². The molecule has 0 radical (unpaired) electrons. The van der Waals surface area contributed by atoms with E-state index in [1.807, 2.05) is 20.8 Å². The van der Waals surface area contributed by atoms with Gasteiger partial charge in [-0.2, -0.15) is 5.10 Å². The van der Waals surface area contributed by atoms with E-state index in [1.165, 1.54) is 17.4 Å². The number of nitrogens with zero attached hydrogens (tertiary/aromatic N) is 6. The molecule has 0 saturated heterocycles. The maximum Gasteiger partial charge on any atom is 0.291 e. The van der Waals surface area contributed by atoms with Crippen molar-refractivity contribution in [3.05, 3.63) is 32.7 Å². The predicted octanol–water partition coefficient (Wildman–Crippen LogP) is 3.84. The van der Waals surface area contributed by atoms with Crippen LogP contribution < -0.4 is 4.72 Å². The van der Waals surface area contributed by atoms with Gasteiger partial charge in [0.05, 0.1) is 22.8 Å². The summed E-state index contributed by atoms with van der Waals surface area (Å²) in [6.45, 7) is 6.02. The summed E-state index contributed by atoms with van der Waals surface area (Å²) in [6.07, 6.45) is -1.25. The largest absolute Gasteiger partial charge is 0.291 e. The Labute approximate surface area is 196 Å². The molecule has 0 bridgehead atoms. The molecule has 9 nitrogen and oxygen atoms in total. The Morgan fingerprint density at radius 2 is 1.94 bits per heavy atom. The second-order valence-electron chi connectivity index (χ2n) is 8.18. The molecule has 1 N–H and O–H groups in total. The molecule has 0 atom stereocenters. The number of rotatable bonds is 7. The molecule has 1 aliphatic rings. The quantitative estimate of drug-likeness (QED) is 0.401. The van der Waals surface area contributed by atoms with Crippen molar-refractivity contribution in [3.63, 3.8) is 0 Å². The molecule has 5 rings (SSSR count). The fourth-order valence-electron chi connectivity index (χ4n) is 3.39. The molecule has 33 heavy (non-hydrogen) atoms. The van der Waals surface area contributed by atoms with Crippen LogP contribution in [0.5, 0.6) is 0 Å². The molecule has 0 aromatic carbocycles. The summed E-state index contributed by atoms with van der Waals surface area (Å²) in [7, 11) is -3.87. The molecular weight excluding hydrogens is 492 g/mol. The van der Waals surface area contributed by atoms with E-state index in [9.17, 15) is 17.2 Å². The number of hydrogen-bond acceptors (Lipinski definition) is 9. The van der Waals surface area contributed by atoms with Crippen molar-refractivity contribution in [3.8, 4) is 10.7 Å². The van der Waals surface area contributed by atoms with Gasteiger partial charge in [0.1, 0.15) is 11.2 Å². The third kappa shape index (κ3) is 4.27. The molecule has 1 saturated carbocycles. The highest BCUT2D eigenvalue weighted by molar-refractivity contribution is 7.89. The lowest BCUT2D eigenvalue weighted by Gasteiger charge is -2.11. The molecule has 4 aromatic heterocycles. The standard InChI is InChI=1S/C19H19F2N7O2S3/c1-9-12(31-10(2)22-9)8-28-11-4-5-13(33(29,30)27-19(3)6-7-19)23-14(11)15(26-28)17-24-25-18(32-17)16(20)21/h4-5,16,27H,6-8H2,1-3H3. The highest BCUT2D eigenvalue weighted by Crippen LogP contribution is 2.37. The molecule has 0 amide bonds. The van der Waals surface area contributed by atoms with E-state index in [2.05, 4.69) is 30.0 Å². The van der Waals surface area contributed by atoms with Crippen molar-refractivity contribution in [2.45, 2.75) is 57.1 Å². The maximum atomic E-state index is 13.1. The van der Waals surface area contributed by atoms with Gasteiger partial charge in [-0.25, -0.2) is 31.9 Å². The number of nitrogens with one attached hydrogen (secondary N) is 1. The Hall–Kier alpha value is -2.42. The van der Waals surface area contributed by atoms with Crippen LogP contribution in [0.25, 0.3) is 21.7 Å². The molecular formula is C19H19F2N7O2S3. The van der Waals surface area contributed by atoms with E-state index in [1.54, 1.807) is 10.7 Å². The van der Waals surface area contributed by atoms with Crippen molar-refractivity contribution in [2.24, 2.45) is 0 Å². The zero-order chi connectivity index (χ0) is 23.5. The van der Waals surface area contributed by atoms with Crippen LogP contribution in [0, 0.1) is 13.8 Å². The fraction of sp³-hybridized carbons (Fsp3) is 0.421. The predicted molar refractivity (Wildman–Crippen MR) is 120 cm³/mol. The lowest BCUT2D eigenvalue weighted by molar-refractivity contribution is 0.150. The summed E-state index contributed by atoms with van der Waals surface area (Å²) in [5, 5.41) is 12.4. The summed E-state index contributed by atoms with van der Waals surface area (Å²) >= 11 is 2.24. The van der Waals surface area contributed by atoms with E-state index in [0.717, 1.165) is 28.4 Å². The Kier molecular flexibility index (Phi) is 5.30. The number of thiazole rings is 1. The van der Waals surface area contributed by atoms with Crippen molar-refractivity contribution in [1.29, 1.82) is 0 Å². The van der Waals surface area contributed by atoms with E-state index in [4.69, 9.17) is 0 Å². The van der Waals surface area contributed by atoms with Crippen LogP contribution in [0.3, 0.4) is 0 Å². The number of alkyl halides is 2. The van der Waals surface area contributed by atoms with E-state index in [-0.39, 0.29) is 21.2 Å². The topological polar surface area (TPSA) is 116 Å². The molecule has 0 spiro atoms. The van der Waals surface area contributed by atoms with Crippen molar-refractivity contribution >= 4 is 43.7 Å². The molecule has 14 heteroatoms. The van der Waals surface area contributed by atoms with Crippen LogP contribution in [-0.4, -0.2) is 43.9 Å². The number of hydrogen-bond donors (Lipinski definition) is 1. The zero-order valence-electron chi connectivity index (χ0n) is 17.8. The third-order valence-corrected chi connectivity index (χ3v) is 8.88. The number of fused-ring (bicyclic) bond motifs is 1. The Morgan fingerprint density at radius 3 is 2.55 bits per heavy atom. The van der Waals surface area contributed by atoms with E-state index in [0.29, 0.717) is 23.4 Å². The minimum atomic E-state index is -3.87. The lowest BCUT2D eigenvalue weighted by Crippen LogP contribution is -2.34. The second-order valence-corrected chi connectivity index (χ2v) is 12.1. The van der Waals surface area contributed by atoms with Gasteiger partial charge >= 0.3 is 0 Å². The monoisotopic (exact) mass is 511 g/mol. The molecule has 4 heterocycles. The van der Waals surface area contributed by atoms with Gasteiger partial charge < -0.3 is 0 Å². The van der Waals surface area contributed by atoms with Gasteiger partial charge in [0, 0.05) is 10.4 Å². The van der Waals surface area contributed by atoms with E-state index >= 15 is 0 Å². The Bertz CT molecular complexity index is 1470. The van der Waals surface area contributed by atoms with Gasteiger partial charge in [0.15, 0.2) is 15.0 Å². The summed E-state index contributed by atoms with van der Waals surface area (Å²) in [5.41, 5.74) is 1.43. The summed E-state index contributed by atoms with van der Waals surface area (Å²) in [4.78, 5) is 9.80. The van der Waals surface area contributed by atoms with Crippen LogP contribution in [0.15, 0.2) is 17.2 Å². The average Bonchev–Trinajstić information content (AvgIpc) is 3.10. The first-order chi connectivity index (χ1) is 15.5. The molecule has 174 valence electrons. The smallest absolute Gasteiger partial charge is 0.257 e. The first-order valence-corrected chi connectivity index (χ1v) is 13.1. The Morgan fingerprint density at radius 1 is 1.18 bits per heavy atom. The third-order valence-electron chi connectivity index (χ3n) is 5.35.